The number of hydrazone groups is 1. The van der Waals surface area contributed by atoms with Crippen LogP contribution in [0.15, 0.2) is 28.7 Å². The molecule has 3 rings (SSSR count). The van der Waals surface area contributed by atoms with E-state index in [0.717, 1.165) is 43.7 Å². The van der Waals surface area contributed by atoms with Gasteiger partial charge >= 0.3 is 5.97 Å². The number of nitriles is 1. The zero-order valence-corrected chi connectivity index (χ0v) is 18.8. The quantitative estimate of drug-likeness (QED) is 0.552. The number of anilines is 1. The highest BCUT2D eigenvalue weighted by molar-refractivity contribution is 8.15. The van der Waals surface area contributed by atoms with E-state index in [-0.39, 0.29) is 5.97 Å². The number of carbonyl (C=O) groups is 1. The Balaban J connectivity index is 1.77. The summed E-state index contributed by atoms with van der Waals surface area (Å²) in [4.78, 5) is 12.5. The number of benzene rings is 1. The van der Waals surface area contributed by atoms with Crippen molar-refractivity contribution in [2.75, 3.05) is 17.5 Å². The zero-order chi connectivity index (χ0) is 21.0. The SMILES string of the molecule is CCOC(=O)CCc1ccc(N2CSC(c3scc(C(C)C)c3C#N)=N2)c(C)c1. The Morgan fingerprint density at radius 2 is 2.21 bits per heavy atom. The third-order valence-electron chi connectivity index (χ3n) is 4.75. The molecule has 7 heteroatoms. The lowest BCUT2D eigenvalue weighted by atomic mass is 10.0. The topological polar surface area (TPSA) is 65.7 Å². The number of carbonyl (C=O) groups excluding carboxylic acids is 1. The number of ether oxygens (including phenoxy) is 1. The number of hydrogen-bond acceptors (Lipinski definition) is 7. The second-order valence-corrected chi connectivity index (χ2v) is 8.98. The van der Waals surface area contributed by atoms with Gasteiger partial charge in [-0.3, -0.25) is 9.80 Å². The van der Waals surface area contributed by atoms with Gasteiger partial charge in [-0.25, -0.2) is 0 Å². The predicted octanol–water partition coefficient (Wildman–Crippen LogP) is 5.42. The Hall–Kier alpha value is -2.30. The number of nitrogens with zero attached hydrogens (tertiary/aromatic N) is 3. The standard InChI is InChI=1S/C22H25N3O2S2/c1-5-27-20(26)9-7-16-6-8-19(15(4)10-16)25-13-29-22(24-25)21-17(11-23)18(12-28-21)14(2)3/h6,8,10,12,14H,5,7,9,13H2,1-4H3. The summed E-state index contributed by atoms with van der Waals surface area (Å²) in [5.74, 6) is 0.879. The number of hydrogen-bond donors (Lipinski definition) is 0. The van der Waals surface area contributed by atoms with Crippen LogP contribution in [0, 0.1) is 18.3 Å². The molecular weight excluding hydrogens is 402 g/mol. The maximum atomic E-state index is 11.6. The fourth-order valence-electron chi connectivity index (χ4n) is 3.24. The molecule has 1 aliphatic rings. The van der Waals surface area contributed by atoms with Gasteiger partial charge in [0, 0.05) is 6.42 Å². The Kier molecular flexibility index (Phi) is 6.99. The fourth-order valence-corrected chi connectivity index (χ4v) is 5.44. The van der Waals surface area contributed by atoms with Crippen molar-refractivity contribution in [1.82, 2.24) is 0 Å². The van der Waals surface area contributed by atoms with Gasteiger partial charge in [0.15, 0.2) is 0 Å². The molecule has 0 unspecified atom stereocenters. The van der Waals surface area contributed by atoms with E-state index in [9.17, 15) is 10.1 Å². The normalized spacial score (nSPS) is 13.5. The van der Waals surface area contributed by atoms with Crippen molar-refractivity contribution in [3.63, 3.8) is 0 Å². The molecule has 0 aliphatic carbocycles. The average molecular weight is 428 g/mol. The molecule has 2 aromatic rings. The van der Waals surface area contributed by atoms with Crippen LogP contribution in [0.2, 0.25) is 0 Å². The summed E-state index contributed by atoms with van der Waals surface area (Å²) in [6, 6.07) is 8.58. The number of esters is 1. The molecule has 1 aromatic carbocycles. The first-order chi connectivity index (χ1) is 13.9. The first-order valence-electron chi connectivity index (χ1n) is 9.70. The molecule has 0 fully saturated rings. The van der Waals surface area contributed by atoms with E-state index < -0.39 is 0 Å². The van der Waals surface area contributed by atoms with Crippen molar-refractivity contribution in [3.8, 4) is 6.07 Å². The maximum Gasteiger partial charge on any atom is 0.306 e. The van der Waals surface area contributed by atoms with Crippen LogP contribution in [0.1, 0.15) is 60.2 Å². The van der Waals surface area contributed by atoms with Gasteiger partial charge in [-0.1, -0.05) is 37.7 Å². The van der Waals surface area contributed by atoms with E-state index >= 15 is 0 Å². The Bertz CT molecular complexity index is 973. The molecule has 0 saturated heterocycles. The largest absolute Gasteiger partial charge is 0.466 e. The van der Waals surface area contributed by atoms with Crippen LogP contribution in [-0.2, 0) is 16.0 Å². The van der Waals surface area contributed by atoms with Crippen molar-refractivity contribution in [2.24, 2.45) is 5.10 Å². The van der Waals surface area contributed by atoms with Gasteiger partial charge in [0.25, 0.3) is 0 Å². The van der Waals surface area contributed by atoms with Gasteiger partial charge in [0.1, 0.15) is 11.1 Å². The Labute approximate surface area is 180 Å². The van der Waals surface area contributed by atoms with Crippen molar-refractivity contribution in [1.29, 1.82) is 5.26 Å². The predicted molar refractivity (Wildman–Crippen MR) is 121 cm³/mol. The minimum atomic E-state index is -0.163. The van der Waals surface area contributed by atoms with E-state index in [1.807, 2.05) is 18.0 Å². The molecule has 1 aromatic heterocycles. The van der Waals surface area contributed by atoms with Crippen molar-refractivity contribution in [2.45, 2.75) is 46.5 Å². The lowest BCUT2D eigenvalue weighted by Crippen LogP contribution is -2.12. The zero-order valence-electron chi connectivity index (χ0n) is 17.2. The highest BCUT2D eigenvalue weighted by Gasteiger charge is 2.25. The van der Waals surface area contributed by atoms with Crippen molar-refractivity contribution >= 4 is 39.8 Å². The van der Waals surface area contributed by atoms with Crippen LogP contribution in [0.4, 0.5) is 5.69 Å². The molecule has 0 amide bonds. The van der Waals surface area contributed by atoms with E-state index in [4.69, 9.17) is 9.84 Å². The van der Waals surface area contributed by atoms with Crippen LogP contribution >= 0.6 is 23.1 Å². The average Bonchev–Trinajstić information content (AvgIpc) is 3.33. The molecule has 0 atom stereocenters. The van der Waals surface area contributed by atoms with E-state index in [2.05, 4.69) is 44.4 Å². The lowest BCUT2D eigenvalue weighted by molar-refractivity contribution is -0.143. The summed E-state index contributed by atoms with van der Waals surface area (Å²) in [5.41, 5.74) is 5.13. The molecule has 29 heavy (non-hydrogen) atoms. The summed E-state index contributed by atoms with van der Waals surface area (Å²) in [7, 11) is 0. The first-order valence-corrected chi connectivity index (χ1v) is 11.6. The first kappa shape index (κ1) is 21.4. The van der Waals surface area contributed by atoms with E-state index in [0.29, 0.717) is 25.4 Å². The summed E-state index contributed by atoms with van der Waals surface area (Å²) in [6.07, 6.45) is 1.06. The van der Waals surface area contributed by atoms with Gasteiger partial charge in [-0.2, -0.15) is 10.4 Å². The van der Waals surface area contributed by atoms with Crippen LogP contribution in [0.5, 0.6) is 0 Å². The molecule has 5 nitrogen and oxygen atoms in total. The second kappa shape index (κ2) is 9.47. The van der Waals surface area contributed by atoms with Crippen molar-refractivity contribution < 1.29 is 9.53 Å². The number of aryl methyl sites for hydroxylation is 2. The number of rotatable bonds is 7. The smallest absolute Gasteiger partial charge is 0.306 e. The Morgan fingerprint density at radius 3 is 2.86 bits per heavy atom. The third-order valence-corrected chi connectivity index (χ3v) is 6.81. The fraction of sp³-hybridized carbons (Fsp3) is 0.409. The van der Waals surface area contributed by atoms with Gasteiger partial charge in [0.05, 0.1) is 28.6 Å². The van der Waals surface area contributed by atoms with Crippen molar-refractivity contribution in [3.05, 3.63) is 50.7 Å². The highest BCUT2D eigenvalue weighted by Crippen LogP contribution is 2.36. The summed E-state index contributed by atoms with van der Waals surface area (Å²) in [6.45, 7) is 8.51. The lowest BCUT2D eigenvalue weighted by Gasteiger charge is -2.16. The van der Waals surface area contributed by atoms with E-state index in [1.165, 1.54) is 0 Å². The van der Waals surface area contributed by atoms with Crippen LogP contribution in [0.3, 0.4) is 0 Å². The molecule has 0 saturated carbocycles. The molecule has 0 spiro atoms. The molecule has 1 aliphatic heterocycles. The minimum absolute atomic E-state index is 0.163. The molecule has 152 valence electrons. The molecule has 0 N–H and O–H groups in total. The summed E-state index contributed by atoms with van der Waals surface area (Å²) < 4.78 is 5.00. The Morgan fingerprint density at radius 1 is 1.41 bits per heavy atom. The maximum absolute atomic E-state index is 11.6. The summed E-state index contributed by atoms with van der Waals surface area (Å²) in [5, 5.41) is 19.4. The van der Waals surface area contributed by atoms with Gasteiger partial charge in [0.2, 0.25) is 0 Å². The minimum Gasteiger partial charge on any atom is -0.466 e. The van der Waals surface area contributed by atoms with E-state index in [1.54, 1.807) is 23.1 Å². The molecular formula is C22H25N3O2S2. The molecule has 0 bridgehead atoms. The molecule has 0 radical (unpaired) electrons. The monoisotopic (exact) mass is 427 g/mol. The molecule has 2 heterocycles. The van der Waals surface area contributed by atoms with Gasteiger partial charge in [-0.15, -0.1) is 11.3 Å². The van der Waals surface area contributed by atoms with Crippen LogP contribution < -0.4 is 5.01 Å². The highest BCUT2D eigenvalue weighted by atomic mass is 32.2. The van der Waals surface area contributed by atoms with Gasteiger partial charge in [-0.05, 0) is 54.3 Å². The summed E-state index contributed by atoms with van der Waals surface area (Å²) >= 11 is 3.26. The third kappa shape index (κ3) is 4.82. The number of thiophene rings is 1. The van der Waals surface area contributed by atoms with Crippen LogP contribution in [-0.4, -0.2) is 23.5 Å². The van der Waals surface area contributed by atoms with Gasteiger partial charge < -0.3 is 4.74 Å². The number of thioether (sulfide) groups is 1. The van der Waals surface area contributed by atoms with Crippen LogP contribution in [0.25, 0.3) is 0 Å². The second-order valence-electron chi connectivity index (χ2n) is 7.17.